The molecular weight excluding hydrogens is 194 g/mol. The zero-order chi connectivity index (χ0) is 11.0. The van der Waals surface area contributed by atoms with E-state index in [0.717, 1.165) is 5.92 Å². The van der Waals surface area contributed by atoms with Crippen molar-refractivity contribution in [3.63, 3.8) is 0 Å². The Morgan fingerprint density at radius 1 is 1.12 bits per heavy atom. The lowest BCUT2D eigenvalue weighted by Crippen LogP contribution is -2.26. The molecule has 1 heteroatoms. The van der Waals surface area contributed by atoms with Gasteiger partial charge in [0.25, 0.3) is 0 Å². The van der Waals surface area contributed by atoms with E-state index in [-0.39, 0.29) is 0 Å². The van der Waals surface area contributed by atoms with Gasteiger partial charge >= 0.3 is 0 Å². The van der Waals surface area contributed by atoms with Crippen molar-refractivity contribution in [3.05, 3.63) is 11.8 Å². The van der Waals surface area contributed by atoms with Crippen molar-refractivity contribution in [3.8, 4) is 0 Å². The summed E-state index contributed by atoms with van der Waals surface area (Å²) in [4.78, 5) is 4.63. The summed E-state index contributed by atoms with van der Waals surface area (Å²) in [5.41, 5.74) is 3.41. The first kappa shape index (κ1) is 10.6. The number of hydrogen-bond acceptors (Lipinski definition) is 1. The Bertz CT molecular complexity index is 339. The van der Waals surface area contributed by atoms with Crippen LogP contribution in [0.15, 0.2) is 16.8 Å². The third-order valence-corrected chi connectivity index (χ3v) is 4.66. The van der Waals surface area contributed by atoms with Crippen molar-refractivity contribution in [2.24, 2.45) is 16.3 Å². The van der Waals surface area contributed by atoms with E-state index in [1.165, 1.54) is 69.2 Å². The lowest BCUT2D eigenvalue weighted by atomic mass is 9.81. The highest BCUT2D eigenvalue weighted by molar-refractivity contribution is 6.06. The summed E-state index contributed by atoms with van der Waals surface area (Å²) < 4.78 is 0. The van der Waals surface area contributed by atoms with E-state index < -0.39 is 0 Å². The monoisotopic (exact) mass is 217 g/mol. The molecule has 0 aromatic rings. The molecule has 0 N–H and O–H groups in total. The van der Waals surface area contributed by atoms with Gasteiger partial charge in [0.15, 0.2) is 0 Å². The lowest BCUT2D eigenvalue weighted by Gasteiger charge is -2.27. The number of hydrogen-bond donors (Lipinski definition) is 0. The van der Waals surface area contributed by atoms with E-state index in [1.807, 2.05) is 0 Å². The molecule has 0 aromatic heterocycles. The van der Waals surface area contributed by atoms with Crippen LogP contribution in [0.4, 0.5) is 0 Å². The van der Waals surface area contributed by atoms with Gasteiger partial charge in [0.2, 0.25) is 0 Å². The minimum atomic E-state index is 0.463. The molecule has 1 spiro atoms. The van der Waals surface area contributed by atoms with Gasteiger partial charge in [-0.2, -0.15) is 0 Å². The summed E-state index contributed by atoms with van der Waals surface area (Å²) in [5.74, 6) is 0.950. The average Bonchev–Trinajstić information content (AvgIpc) is 2.83. The second-order valence-electron chi connectivity index (χ2n) is 6.01. The van der Waals surface area contributed by atoms with Crippen LogP contribution in [0, 0.1) is 11.3 Å². The van der Waals surface area contributed by atoms with E-state index in [0.29, 0.717) is 5.41 Å². The van der Waals surface area contributed by atoms with Crippen LogP contribution >= 0.6 is 0 Å². The van der Waals surface area contributed by atoms with Gasteiger partial charge in [-0.3, -0.25) is 4.99 Å². The average molecular weight is 217 g/mol. The maximum Gasteiger partial charge on any atom is 0.0706 e. The molecule has 0 radical (unpaired) electrons. The molecule has 1 aliphatic heterocycles. The summed E-state index contributed by atoms with van der Waals surface area (Å²) in [5, 5.41) is 0. The molecule has 2 aliphatic carbocycles. The Hall–Kier alpha value is -0.590. The van der Waals surface area contributed by atoms with Crippen molar-refractivity contribution in [1.29, 1.82) is 0 Å². The molecule has 1 saturated carbocycles. The Labute approximate surface area is 99.0 Å². The van der Waals surface area contributed by atoms with Crippen molar-refractivity contribution >= 4 is 5.71 Å². The molecule has 1 nitrogen and oxygen atoms in total. The molecule has 88 valence electrons. The smallest absolute Gasteiger partial charge is 0.0706 e. The number of rotatable bonds is 0. The van der Waals surface area contributed by atoms with Gasteiger partial charge in [-0.1, -0.05) is 45.4 Å². The molecular formula is C15H23N. The molecule has 0 aromatic carbocycles. The van der Waals surface area contributed by atoms with Gasteiger partial charge < -0.3 is 0 Å². The molecule has 3 aliphatic rings. The van der Waals surface area contributed by atoms with E-state index in [9.17, 15) is 0 Å². The molecule has 3 rings (SSSR count). The first-order valence-electron chi connectivity index (χ1n) is 7.13. The topological polar surface area (TPSA) is 12.4 Å². The predicted molar refractivity (Wildman–Crippen MR) is 68.7 cm³/mol. The summed E-state index contributed by atoms with van der Waals surface area (Å²) in [6.07, 6.45) is 15.0. The van der Waals surface area contributed by atoms with Crippen LogP contribution < -0.4 is 0 Å². The summed E-state index contributed by atoms with van der Waals surface area (Å²) in [7, 11) is 0. The normalized spacial score (nSPS) is 38.9. The molecule has 2 unspecified atom stereocenters. The van der Waals surface area contributed by atoms with Gasteiger partial charge in [-0.15, -0.1) is 0 Å². The molecule has 0 saturated heterocycles. The van der Waals surface area contributed by atoms with Crippen LogP contribution in [0.25, 0.3) is 0 Å². The molecule has 1 heterocycles. The van der Waals surface area contributed by atoms with Gasteiger partial charge in [0, 0.05) is 5.71 Å². The van der Waals surface area contributed by atoms with Crippen LogP contribution in [0.3, 0.4) is 0 Å². The Morgan fingerprint density at radius 3 is 2.69 bits per heavy atom. The highest BCUT2D eigenvalue weighted by atomic mass is 15.0. The third-order valence-electron chi connectivity index (χ3n) is 4.66. The fourth-order valence-electron chi connectivity index (χ4n) is 3.38. The van der Waals surface area contributed by atoms with Crippen molar-refractivity contribution in [2.45, 2.75) is 64.7 Å². The Morgan fingerprint density at radius 2 is 1.94 bits per heavy atom. The molecule has 2 atom stereocenters. The predicted octanol–water partition coefficient (Wildman–Crippen LogP) is 4.49. The van der Waals surface area contributed by atoms with Crippen LogP contribution in [0.2, 0.25) is 0 Å². The third kappa shape index (κ3) is 1.74. The van der Waals surface area contributed by atoms with E-state index in [1.54, 1.807) is 0 Å². The maximum atomic E-state index is 4.63. The lowest BCUT2D eigenvalue weighted by molar-refractivity contribution is 0.425. The molecule has 0 amide bonds. The SMILES string of the molecule is CC1CCCCCC23C=C2N=C3CCCC1. The fourth-order valence-corrected chi connectivity index (χ4v) is 3.38. The quantitative estimate of drug-likeness (QED) is 0.567. The standard InChI is InChI=1S/C15H23N/c1-12-7-3-2-6-10-15-11-14(15)16-13(15)9-5-4-8-12/h11-12H,2-10H2,1H3. The number of allylic oxidation sites excluding steroid dienone is 2. The van der Waals surface area contributed by atoms with Crippen molar-refractivity contribution in [2.75, 3.05) is 0 Å². The second kappa shape index (κ2) is 4.01. The van der Waals surface area contributed by atoms with E-state index in [4.69, 9.17) is 0 Å². The summed E-state index contributed by atoms with van der Waals surface area (Å²) in [6, 6.07) is 0. The zero-order valence-corrected chi connectivity index (χ0v) is 10.5. The van der Waals surface area contributed by atoms with Crippen molar-refractivity contribution in [1.82, 2.24) is 0 Å². The van der Waals surface area contributed by atoms with Crippen molar-refractivity contribution < 1.29 is 0 Å². The Kier molecular flexibility index (Phi) is 2.65. The van der Waals surface area contributed by atoms with E-state index >= 15 is 0 Å². The van der Waals surface area contributed by atoms with Gasteiger partial charge in [-0.05, 0) is 31.3 Å². The van der Waals surface area contributed by atoms with Crippen LogP contribution in [-0.4, -0.2) is 5.71 Å². The first-order valence-corrected chi connectivity index (χ1v) is 7.13. The highest BCUT2D eigenvalue weighted by Crippen LogP contribution is 2.58. The minimum absolute atomic E-state index is 0.463. The number of aliphatic imine (C=N–C) groups is 1. The van der Waals surface area contributed by atoms with E-state index in [2.05, 4.69) is 18.0 Å². The van der Waals surface area contributed by atoms with Gasteiger partial charge in [0.05, 0.1) is 11.1 Å². The summed E-state index contributed by atoms with van der Waals surface area (Å²) in [6.45, 7) is 2.43. The second-order valence-corrected chi connectivity index (χ2v) is 6.01. The summed E-state index contributed by atoms with van der Waals surface area (Å²) >= 11 is 0. The zero-order valence-electron chi connectivity index (χ0n) is 10.5. The van der Waals surface area contributed by atoms with Gasteiger partial charge in [0.1, 0.15) is 0 Å². The maximum absolute atomic E-state index is 4.63. The van der Waals surface area contributed by atoms with Gasteiger partial charge in [-0.25, -0.2) is 0 Å². The minimum Gasteiger partial charge on any atom is -0.260 e. The first-order chi connectivity index (χ1) is 7.81. The number of nitrogens with zero attached hydrogens (tertiary/aromatic N) is 1. The fraction of sp³-hybridized carbons (Fsp3) is 0.800. The van der Waals surface area contributed by atoms with Crippen LogP contribution in [0.5, 0.6) is 0 Å². The Balaban J connectivity index is 1.57. The van der Waals surface area contributed by atoms with Crippen LogP contribution in [0.1, 0.15) is 64.7 Å². The molecule has 1 fully saturated rings. The highest BCUT2D eigenvalue weighted by Gasteiger charge is 2.54. The van der Waals surface area contributed by atoms with Crippen LogP contribution in [-0.2, 0) is 0 Å². The largest absolute Gasteiger partial charge is 0.260 e. The molecule has 16 heavy (non-hydrogen) atoms. The molecule has 0 bridgehead atoms.